The number of hydrogen-bond acceptors (Lipinski definition) is 2. The second-order valence-electron chi connectivity index (χ2n) is 3.44. The number of rotatable bonds is 2. The van der Waals surface area contributed by atoms with Gasteiger partial charge in [0.25, 0.3) is 0 Å². The molecular weight excluding hydrogens is 246 g/mol. The first kappa shape index (κ1) is 11.7. The molecule has 0 unspecified atom stereocenters. The van der Waals surface area contributed by atoms with E-state index in [1.165, 1.54) is 18.2 Å². The maximum atomic E-state index is 13.0. The van der Waals surface area contributed by atoms with E-state index in [4.69, 9.17) is 0 Å². The molecular formula is C12H8F2O2S. The average Bonchev–Trinajstić information content (AvgIpc) is 2.33. The summed E-state index contributed by atoms with van der Waals surface area (Å²) in [7, 11) is -2.68. The molecule has 2 aromatic carbocycles. The van der Waals surface area contributed by atoms with E-state index in [1.807, 2.05) is 0 Å². The Kier molecular flexibility index (Phi) is 3.19. The van der Waals surface area contributed by atoms with Gasteiger partial charge in [0.1, 0.15) is 0 Å². The molecule has 0 aliphatic carbocycles. The van der Waals surface area contributed by atoms with Crippen molar-refractivity contribution in [2.24, 2.45) is 0 Å². The SMILES string of the molecule is O=[SH](=O)c1cccc(-c2ccc(F)c(F)c2)c1. The normalized spacial score (nSPS) is 10.8. The van der Waals surface area contributed by atoms with Gasteiger partial charge in [-0.15, -0.1) is 0 Å². The zero-order valence-electron chi connectivity index (χ0n) is 8.56. The van der Waals surface area contributed by atoms with Gasteiger partial charge in [0.15, 0.2) is 22.3 Å². The fourth-order valence-electron chi connectivity index (χ4n) is 1.47. The molecule has 17 heavy (non-hydrogen) atoms. The number of halogens is 2. The van der Waals surface area contributed by atoms with Crippen LogP contribution >= 0.6 is 0 Å². The van der Waals surface area contributed by atoms with Crippen LogP contribution in [0.4, 0.5) is 8.78 Å². The third kappa shape index (κ3) is 2.50. The molecule has 0 saturated carbocycles. The summed E-state index contributed by atoms with van der Waals surface area (Å²) in [6.07, 6.45) is 0. The molecule has 0 aliphatic rings. The molecule has 0 fully saturated rings. The Morgan fingerprint density at radius 3 is 2.18 bits per heavy atom. The lowest BCUT2D eigenvalue weighted by Gasteiger charge is -2.03. The highest BCUT2D eigenvalue weighted by Gasteiger charge is 2.05. The van der Waals surface area contributed by atoms with Gasteiger partial charge < -0.3 is 0 Å². The second kappa shape index (κ2) is 4.63. The van der Waals surface area contributed by atoms with Gasteiger partial charge in [0, 0.05) is 0 Å². The van der Waals surface area contributed by atoms with Crippen molar-refractivity contribution in [3.05, 3.63) is 54.1 Å². The summed E-state index contributed by atoms with van der Waals surface area (Å²) in [5.74, 6) is -1.89. The first-order valence-electron chi connectivity index (χ1n) is 4.78. The molecule has 5 heteroatoms. The summed E-state index contributed by atoms with van der Waals surface area (Å²) < 4.78 is 47.4. The summed E-state index contributed by atoms with van der Waals surface area (Å²) in [6.45, 7) is 0. The van der Waals surface area contributed by atoms with Crippen LogP contribution in [0.5, 0.6) is 0 Å². The standard InChI is InChI=1S/C12H8F2O2S/c13-11-5-4-9(7-12(11)14)8-2-1-3-10(6-8)17(15)16/h1-7,17H. The van der Waals surface area contributed by atoms with Gasteiger partial charge in [-0.2, -0.15) is 0 Å². The Balaban J connectivity index is 2.52. The zero-order valence-corrected chi connectivity index (χ0v) is 9.46. The van der Waals surface area contributed by atoms with Crippen LogP contribution in [-0.4, -0.2) is 8.42 Å². The Morgan fingerprint density at radius 1 is 0.824 bits per heavy atom. The van der Waals surface area contributed by atoms with Crippen molar-refractivity contribution in [1.29, 1.82) is 0 Å². The molecule has 0 spiro atoms. The van der Waals surface area contributed by atoms with Crippen molar-refractivity contribution < 1.29 is 17.2 Å². The smallest absolute Gasteiger partial charge is 0.168 e. The quantitative estimate of drug-likeness (QED) is 0.836. The Bertz CT molecular complexity index is 628. The zero-order chi connectivity index (χ0) is 12.4. The largest absolute Gasteiger partial charge is 0.227 e. The van der Waals surface area contributed by atoms with Crippen molar-refractivity contribution >= 4 is 10.7 Å². The van der Waals surface area contributed by atoms with Crippen LogP contribution in [-0.2, 0) is 10.7 Å². The van der Waals surface area contributed by atoms with Crippen molar-refractivity contribution in [3.63, 3.8) is 0 Å². The molecule has 2 rings (SSSR count). The Morgan fingerprint density at radius 2 is 1.53 bits per heavy atom. The van der Waals surface area contributed by atoms with Crippen LogP contribution in [0.3, 0.4) is 0 Å². The molecule has 0 N–H and O–H groups in total. The van der Waals surface area contributed by atoms with E-state index in [-0.39, 0.29) is 4.90 Å². The van der Waals surface area contributed by atoms with Gasteiger partial charge in [-0.05, 0) is 35.4 Å². The molecule has 0 bridgehead atoms. The van der Waals surface area contributed by atoms with Crippen molar-refractivity contribution in [3.8, 4) is 11.1 Å². The number of hydrogen-bond donors (Lipinski definition) is 1. The molecule has 0 heterocycles. The molecule has 0 aliphatic heterocycles. The molecule has 88 valence electrons. The molecule has 0 aromatic heterocycles. The highest BCUT2D eigenvalue weighted by atomic mass is 32.2. The van der Waals surface area contributed by atoms with E-state index < -0.39 is 22.3 Å². The van der Waals surface area contributed by atoms with E-state index >= 15 is 0 Å². The van der Waals surface area contributed by atoms with Crippen LogP contribution in [0.25, 0.3) is 11.1 Å². The topological polar surface area (TPSA) is 34.1 Å². The van der Waals surface area contributed by atoms with Crippen LogP contribution in [0.1, 0.15) is 0 Å². The van der Waals surface area contributed by atoms with Gasteiger partial charge in [-0.3, -0.25) is 0 Å². The van der Waals surface area contributed by atoms with Crippen LogP contribution in [0, 0.1) is 11.6 Å². The fourth-order valence-corrected chi connectivity index (χ4v) is 1.93. The van der Waals surface area contributed by atoms with Crippen molar-refractivity contribution in [2.45, 2.75) is 4.90 Å². The Labute approximate surface area is 98.5 Å². The molecule has 0 amide bonds. The third-order valence-corrected chi connectivity index (χ3v) is 3.01. The van der Waals surface area contributed by atoms with Gasteiger partial charge in [-0.25, -0.2) is 17.2 Å². The lowest BCUT2D eigenvalue weighted by atomic mass is 10.1. The van der Waals surface area contributed by atoms with E-state index in [0.717, 1.165) is 12.1 Å². The van der Waals surface area contributed by atoms with Crippen LogP contribution in [0.2, 0.25) is 0 Å². The summed E-state index contributed by atoms with van der Waals surface area (Å²) in [4.78, 5) is 0.141. The summed E-state index contributed by atoms with van der Waals surface area (Å²) in [5.41, 5.74) is 0.961. The lowest BCUT2D eigenvalue weighted by molar-refractivity contribution is 0.509. The molecule has 0 saturated heterocycles. The third-order valence-electron chi connectivity index (χ3n) is 2.31. The maximum Gasteiger partial charge on any atom is 0.168 e. The van der Waals surface area contributed by atoms with Gasteiger partial charge in [0.2, 0.25) is 0 Å². The Hall–Kier alpha value is -1.75. The maximum absolute atomic E-state index is 13.0. The van der Waals surface area contributed by atoms with Gasteiger partial charge in [0.05, 0.1) is 4.90 Å². The highest BCUT2D eigenvalue weighted by molar-refractivity contribution is 7.72. The van der Waals surface area contributed by atoms with Crippen molar-refractivity contribution in [1.82, 2.24) is 0 Å². The lowest BCUT2D eigenvalue weighted by Crippen LogP contribution is -1.87. The monoisotopic (exact) mass is 254 g/mol. The van der Waals surface area contributed by atoms with Gasteiger partial charge >= 0.3 is 0 Å². The number of thiol groups is 1. The first-order chi connectivity index (χ1) is 8.08. The summed E-state index contributed by atoms with van der Waals surface area (Å²) in [6, 6.07) is 9.48. The number of benzene rings is 2. The molecule has 0 atom stereocenters. The predicted molar refractivity (Wildman–Crippen MR) is 60.4 cm³/mol. The second-order valence-corrected chi connectivity index (χ2v) is 4.47. The first-order valence-corrected chi connectivity index (χ1v) is 5.95. The molecule has 0 radical (unpaired) electrons. The van der Waals surface area contributed by atoms with Gasteiger partial charge in [-0.1, -0.05) is 18.2 Å². The average molecular weight is 254 g/mol. The summed E-state index contributed by atoms with van der Waals surface area (Å²) >= 11 is 0. The summed E-state index contributed by atoms with van der Waals surface area (Å²) in [5, 5.41) is 0. The minimum Gasteiger partial charge on any atom is -0.227 e. The van der Waals surface area contributed by atoms with Crippen LogP contribution < -0.4 is 0 Å². The van der Waals surface area contributed by atoms with E-state index in [2.05, 4.69) is 0 Å². The highest BCUT2D eigenvalue weighted by Crippen LogP contribution is 2.22. The molecule has 2 nitrogen and oxygen atoms in total. The minimum atomic E-state index is -2.68. The van der Waals surface area contributed by atoms with E-state index in [1.54, 1.807) is 12.1 Å². The molecule has 2 aromatic rings. The van der Waals surface area contributed by atoms with E-state index in [0.29, 0.717) is 11.1 Å². The fraction of sp³-hybridized carbons (Fsp3) is 0. The van der Waals surface area contributed by atoms with Crippen LogP contribution in [0.15, 0.2) is 47.4 Å². The predicted octanol–water partition coefficient (Wildman–Crippen LogP) is 2.60. The van der Waals surface area contributed by atoms with E-state index in [9.17, 15) is 17.2 Å². The minimum absolute atomic E-state index is 0.141. The van der Waals surface area contributed by atoms with Crippen molar-refractivity contribution in [2.75, 3.05) is 0 Å².